The molecule has 0 aromatic rings. The Morgan fingerprint density at radius 1 is 1.33 bits per heavy atom. The highest BCUT2D eigenvalue weighted by molar-refractivity contribution is 5.29. The maximum atomic E-state index is 2.49. The maximum Gasteiger partial charge on any atom is -0.00223 e. The van der Waals surface area contributed by atoms with Crippen molar-refractivity contribution in [3.05, 3.63) is 22.8 Å². The molecule has 0 heteroatoms. The fourth-order valence-electron chi connectivity index (χ4n) is 3.63. The molecule has 0 saturated heterocycles. The Morgan fingerprint density at radius 2 is 2.07 bits per heavy atom. The van der Waals surface area contributed by atoms with E-state index in [9.17, 15) is 0 Å². The lowest BCUT2D eigenvalue weighted by atomic mass is 9.66. The van der Waals surface area contributed by atoms with Gasteiger partial charge in [-0.05, 0) is 64.2 Å². The van der Waals surface area contributed by atoms with Crippen molar-refractivity contribution in [2.45, 2.75) is 59.8 Å². The first-order valence-corrected chi connectivity index (χ1v) is 6.39. The number of hydrogen-bond donors (Lipinski definition) is 0. The molecule has 0 nitrogen and oxygen atoms in total. The van der Waals surface area contributed by atoms with Crippen molar-refractivity contribution in [2.75, 3.05) is 0 Å². The molecule has 2 rings (SSSR count). The van der Waals surface area contributed by atoms with E-state index in [1.807, 2.05) is 0 Å². The van der Waals surface area contributed by atoms with Crippen LogP contribution in [-0.2, 0) is 0 Å². The van der Waals surface area contributed by atoms with E-state index in [0.29, 0.717) is 5.41 Å². The van der Waals surface area contributed by atoms with Crippen LogP contribution >= 0.6 is 0 Å². The smallest absolute Gasteiger partial charge is 0.00223 e. The first-order chi connectivity index (χ1) is 7.06. The van der Waals surface area contributed by atoms with Gasteiger partial charge in [0.15, 0.2) is 0 Å². The summed E-state index contributed by atoms with van der Waals surface area (Å²) in [5.41, 5.74) is 5.54. The van der Waals surface area contributed by atoms with Crippen molar-refractivity contribution in [3.63, 3.8) is 0 Å². The zero-order valence-electron chi connectivity index (χ0n) is 10.7. The van der Waals surface area contributed by atoms with Gasteiger partial charge in [0.25, 0.3) is 0 Å². The average Bonchev–Trinajstić information content (AvgIpc) is 2.50. The predicted molar refractivity (Wildman–Crippen MR) is 66.8 cm³/mol. The van der Waals surface area contributed by atoms with Gasteiger partial charge in [-0.2, -0.15) is 0 Å². The highest BCUT2D eigenvalue weighted by Crippen LogP contribution is 2.56. The van der Waals surface area contributed by atoms with Gasteiger partial charge < -0.3 is 0 Å². The van der Waals surface area contributed by atoms with Gasteiger partial charge in [0.1, 0.15) is 0 Å². The number of allylic oxidation sites excluding steroid dienone is 4. The van der Waals surface area contributed by atoms with Crippen molar-refractivity contribution >= 4 is 0 Å². The highest BCUT2D eigenvalue weighted by Gasteiger charge is 2.44. The molecule has 0 N–H and O–H groups in total. The summed E-state index contributed by atoms with van der Waals surface area (Å²) in [6.07, 6.45) is 9.29. The summed E-state index contributed by atoms with van der Waals surface area (Å²) in [5, 5.41) is 0. The zero-order chi connectivity index (χ0) is 11.1. The van der Waals surface area contributed by atoms with Gasteiger partial charge in [-0.15, -0.1) is 0 Å². The second kappa shape index (κ2) is 3.81. The predicted octanol–water partition coefficient (Wildman–Crippen LogP) is 4.87. The van der Waals surface area contributed by atoms with Gasteiger partial charge in [-0.1, -0.05) is 29.7 Å². The lowest BCUT2D eigenvalue weighted by molar-refractivity contribution is 0.235. The Hall–Kier alpha value is -0.520. The Balaban J connectivity index is 2.36. The van der Waals surface area contributed by atoms with Crippen LogP contribution in [0.3, 0.4) is 0 Å². The van der Waals surface area contributed by atoms with Gasteiger partial charge in [0.05, 0.1) is 0 Å². The van der Waals surface area contributed by atoms with Gasteiger partial charge >= 0.3 is 0 Å². The molecule has 0 amide bonds. The molecule has 0 aromatic carbocycles. The second-order valence-corrected chi connectivity index (χ2v) is 5.83. The van der Waals surface area contributed by atoms with E-state index in [-0.39, 0.29) is 0 Å². The van der Waals surface area contributed by atoms with Crippen LogP contribution in [0.25, 0.3) is 0 Å². The van der Waals surface area contributed by atoms with Crippen molar-refractivity contribution in [2.24, 2.45) is 11.3 Å². The monoisotopic (exact) mass is 204 g/mol. The zero-order valence-corrected chi connectivity index (χ0v) is 10.7. The summed E-state index contributed by atoms with van der Waals surface area (Å²) < 4.78 is 0. The molecule has 0 heterocycles. The molecule has 0 radical (unpaired) electrons. The van der Waals surface area contributed by atoms with Crippen LogP contribution in [0, 0.1) is 11.3 Å². The Morgan fingerprint density at radius 3 is 2.60 bits per heavy atom. The molecule has 0 aliphatic heterocycles. The van der Waals surface area contributed by atoms with Crippen molar-refractivity contribution < 1.29 is 0 Å². The molecular weight excluding hydrogens is 180 g/mol. The molecule has 1 saturated carbocycles. The van der Waals surface area contributed by atoms with Crippen LogP contribution in [0.5, 0.6) is 0 Å². The average molecular weight is 204 g/mol. The summed E-state index contributed by atoms with van der Waals surface area (Å²) in [4.78, 5) is 0. The minimum Gasteiger partial charge on any atom is -0.0847 e. The maximum absolute atomic E-state index is 2.49. The van der Waals surface area contributed by atoms with Crippen molar-refractivity contribution in [3.8, 4) is 0 Å². The normalized spacial score (nSPS) is 35.9. The van der Waals surface area contributed by atoms with E-state index in [2.05, 4.69) is 33.8 Å². The molecule has 15 heavy (non-hydrogen) atoms. The van der Waals surface area contributed by atoms with Crippen LogP contribution in [-0.4, -0.2) is 0 Å². The molecule has 0 unspecified atom stereocenters. The highest BCUT2D eigenvalue weighted by atomic mass is 14.5. The van der Waals surface area contributed by atoms with E-state index >= 15 is 0 Å². The molecule has 2 aliphatic carbocycles. The van der Waals surface area contributed by atoms with Gasteiger partial charge in [0.2, 0.25) is 0 Å². The minimum absolute atomic E-state index is 0.554. The molecule has 2 aliphatic rings. The Kier molecular flexibility index (Phi) is 2.79. The van der Waals surface area contributed by atoms with E-state index in [0.717, 1.165) is 5.92 Å². The van der Waals surface area contributed by atoms with Crippen LogP contribution in [0.15, 0.2) is 22.8 Å². The first-order valence-electron chi connectivity index (χ1n) is 6.39. The second-order valence-electron chi connectivity index (χ2n) is 5.83. The Bertz CT molecular complexity index is 315. The SMILES string of the molecule is CC1=CC[C@@]2(CC1)C(=C(C)C)CC[C@H]2C. The summed E-state index contributed by atoms with van der Waals surface area (Å²) in [5.74, 6) is 0.895. The summed E-state index contributed by atoms with van der Waals surface area (Å²) in [7, 11) is 0. The minimum atomic E-state index is 0.554. The Labute approximate surface area is 94.5 Å². The van der Waals surface area contributed by atoms with Crippen LogP contribution in [0.4, 0.5) is 0 Å². The van der Waals surface area contributed by atoms with Crippen LogP contribution < -0.4 is 0 Å². The number of rotatable bonds is 0. The summed E-state index contributed by atoms with van der Waals surface area (Å²) >= 11 is 0. The number of hydrogen-bond acceptors (Lipinski definition) is 0. The lowest BCUT2D eigenvalue weighted by Gasteiger charge is -2.38. The van der Waals surface area contributed by atoms with E-state index in [1.54, 1.807) is 16.7 Å². The van der Waals surface area contributed by atoms with Gasteiger partial charge in [-0.25, -0.2) is 0 Å². The largest absolute Gasteiger partial charge is 0.0847 e. The fraction of sp³-hybridized carbons (Fsp3) is 0.733. The molecule has 1 spiro atoms. The van der Waals surface area contributed by atoms with Crippen molar-refractivity contribution in [1.29, 1.82) is 0 Å². The van der Waals surface area contributed by atoms with Gasteiger partial charge in [0, 0.05) is 0 Å². The standard InChI is InChI=1S/C15H24/c1-11(2)14-6-5-13(4)15(14)9-7-12(3)8-10-15/h7,13H,5-6,8-10H2,1-4H3/t13-,15+/m1/s1. The van der Waals surface area contributed by atoms with Crippen LogP contribution in [0.1, 0.15) is 59.8 Å². The van der Waals surface area contributed by atoms with Crippen molar-refractivity contribution in [1.82, 2.24) is 0 Å². The molecule has 84 valence electrons. The van der Waals surface area contributed by atoms with E-state index in [1.165, 1.54) is 32.1 Å². The fourth-order valence-corrected chi connectivity index (χ4v) is 3.63. The summed E-state index contributed by atoms with van der Waals surface area (Å²) in [6, 6.07) is 0. The van der Waals surface area contributed by atoms with Crippen LogP contribution in [0.2, 0.25) is 0 Å². The quantitative estimate of drug-likeness (QED) is 0.494. The molecule has 0 aromatic heterocycles. The third kappa shape index (κ3) is 1.68. The lowest BCUT2D eigenvalue weighted by Crippen LogP contribution is -2.28. The molecule has 2 atom stereocenters. The summed E-state index contributed by atoms with van der Waals surface area (Å²) in [6.45, 7) is 9.36. The third-order valence-corrected chi connectivity index (χ3v) is 4.76. The molecule has 0 bridgehead atoms. The topological polar surface area (TPSA) is 0 Å². The van der Waals surface area contributed by atoms with E-state index < -0.39 is 0 Å². The van der Waals surface area contributed by atoms with Gasteiger partial charge in [-0.3, -0.25) is 0 Å². The molecular formula is C15H24. The first kappa shape index (κ1) is 11.0. The third-order valence-electron chi connectivity index (χ3n) is 4.76. The molecule has 1 fully saturated rings. The van der Waals surface area contributed by atoms with E-state index in [4.69, 9.17) is 0 Å².